The molecule has 0 aliphatic heterocycles. The molecular weight excluding hydrogens is 520 g/mol. The van der Waals surface area contributed by atoms with E-state index in [1.165, 1.54) is 12.3 Å². The Labute approximate surface area is 231 Å². The van der Waals surface area contributed by atoms with Crippen molar-refractivity contribution in [2.45, 2.75) is 13.8 Å². The van der Waals surface area contributed by atoms with Gasteiger partial charge in [-0.1, -0.05) is 48.0 Å². The molecule has 0 aromatic heterocycles. The topological polar surface area (TPSA) is 120 Å². The average molecular weight is 549 g/mol. The monoisotopic (exact) mass is 548 g/mol. The zero-order valence-electron chi connectivity index (χ0n) is 21.6. The van der Waals surface area contributed by atoms with E-state index in [-0.39, 0.29) is 22.0 Å². The molecule has 3 N–H and O–H groups in total. The predicted octanol–water partition coefficient (Wildman–Crippen LogP) is 4.57. The third-order valence-corrected chi connectivity index (χ3v) is 5.91. The van der Waals surface area contributed by atoms with Crippen LogP contribution in [0.2, 0.25) is 5.02 Å². The molecule has 0 radical (unpaired) electrons. The summed E-state index contributed by atoms with van der Waals surface area (Å²) in [5.41, 5.74) is 4.74. The molecule has 39 heavy (non-hydrogen) atoms. The maximum Gasteiger partial charge on any atom is 0.341 e. The van der Waals surface area contributed by atoms with E-state index in [1.807, 2.05) is 24.3 Å². The number of para-hydroxylation sites is 1. The van der Waals surface area contributed by atoms with Gasteiger partial charge < -0.3 is 20.1 Å². The van der Waals surface area contributed by atoms with Crippen molar-refractivity contribution in [3.63, 3.8) is 0 Å². The molecule has 3 aromatic carbocycles. The summed E-state index contributed by atoms with van der Waals surface area (Å²) in [7, 11) is 0. The summed E-state index contributed by atoms with van der Waals surface area (Å²) in [6.07, 6.45) is 2.86. The van der Waals surface area contributed by atoms with Crippen molar-refractivity contribution < 1.29 is 24.2 Å². The fraction of sp³-hybridized carbons (Fsp3) is 0.172. The van der Waals surface area contributed by atoms with Crippen LogP contribution in [0.15, 0.2) is 83.6 Å². The summed E-state index contributed by atoms with van der Waals surface area (Å²) in [6, 6.07) is 20.7. The van der Waals surface area contributed by atoms with E-state index in [2.05, 4.69) is 34.6 Å². The fourth-order valence-corrected chi connectivity index (χ4v) is 3.83. The minimum Gasteiger partial charge on any atom is -0.481 e. The van der Waals surface area contributed by atoms with Crippen molar-refractivity contribution in [2.75, 3.05) is 24.6 Å². The number of nitrogens with zero attached hydrogens (tertiary/aromatic N) is 2. The third-order valence-electron chi connectivity index (χ3n) is 5.58. The first kappa shape index (κ1) is 28.9. The number of hydrogen-bond donors (Lipinski definition) is 3. The highest BCUT2D eigenvalue weighted by molar-refractivity contribution is 6.34. The number of carbonyl (C=O) groups is 3. The predicted molar refractivity (Wildman–Crippen MR) is 152 cm³/mol. The molecule has 0 unspecified atom stereocenters. The summed E-state index contributed by atoms with van der Waals surface area (Å²) >= 11 is 6.17. The van der Waals surface area contributed by atoms with Crippen molar-refractivity contribution in [2.24, 2.45) is 5.10 Å². The van der Waals surface area contributed by atoms with Crippen molar-refractivity contribution in [3.8, 4) is 5.75 Å². The van der Waals surface area contributed by atoms with Gasteiger partial charge in [0.05, 0.1) is 16.8 Å². The van der Waals surface area contributed by atoms with Gasteiger partial charge in [-0.2, -0.15) is 5.10 Å². The van der Waals surface area contributed by atoms with Gasteiger partial charge >= 0.3 is 5.97 Å². The largest absolute Gasteiger partial charge is 0.481 e. The first-order chi connectivity index (χ1) is 18.8. The Balaban J connectivity index is 1.84. The lowest BCUT2D eigenvalue weighted by atomic mass is 10.1. The Bertz CT molecular complexity index is 1370. The Morgan fingerprint density at radius 1 is 0.974 bits per heavy atom. The number of nitrogens with one attached hydrogen (secondary N) is 2. The second-order valence-electron chi connectivity index (χ2n) is 8.18. The number of rotatable bonds is 12. The van der Waals surface area contributed by atoms with Gasteiger partial charge in [0.1, 0.15) is 11.4 Å². The van der Waals surface area contributed by atoms with Crippen LogP contribution >= 0.6 is 11.6 Å². The maximum atomic E-state index is 13.1. The second kappa shape index (κ2) is 14.3. The summed E-state index contributed by atoms with van der Waals surface area (Å²) in [5, 5.41) is 15.7. The SMILES string of the molecule is CCN(CC)c1ccc(/C=C(/NC(=O)c2ccccc2Cl)C(=O)N/N=C/c2ccccc2OCC(=O)O)cc1. The van der Waals surface area contributed by atoms with Crippen LogP contribution in [-0.2, 0) is 9.59 Å². The Morgan fingerprint density at radius 3 is 2.31 bits per heavy atom. The van der Waals surface area contributed by atoms with Crippen LogP contribution in [0.5, 0.6) is 5.75 Å². The van der Waals surface area contributed by atoms with E-state index in [4.69, 9.17) is 21.4 Å². The Hall–Kier alpha value is -4.63. The van der Waals surface area contributed by atoms with Crippen LogP contribution in [0.1, 0.15) is 35.3 Å². The first-order valence-corrected chi connectivity index (χ1v) is 12.6. The third kappa shape index (κ3) is 8.44. The van der Waals surface area contributed by atoms with Crippen LogP contribution in [0.25, 0.3) is 6.08 Å². The highest BCUT2D eigenvalue weighted by Gasteiger charge is 2.16. The van der Waals surface area contributed by atoms with Crippen LogP contribution in [0, 0.1) is 0 Å². The number of carbonyl (C=O) groups excluding carboxylic acids is 2. The maximum absolute atomic E-state index is 13.1. The van der Waals surface area contributed by atoms with Gasteiger partial charge in [-0.25, -0.2) is 10.2 Å². The summed E-state index contributed by atoms with van der Waals surface area (Å²) in [5.74, 6) is -2.07. The number of anilines is 1. The van der Waals surface area contributed by atoms with E-state index in [0.717, 1.165) is 18.8 Å². The lowest BCUT2D eigenvalue weighted by Gasteiger charge is -2.21. The van der Waals surface area contributed by atoms with Crippen molar-refractivity contribution >= 4 is 47.4 Å². The molecule has 0 spiro atoms. The normalized spacial score (nSPS) is 11.2. The van der Waals surface area contributed by atoms with E-state index < -0.39 is 24.4 Å². The van der Waals surface area contributed by atoms with E-state index in [1.54, 1.807) is 48.5 Å². The number of halogens is 1. The van der Waals surface area contributed by atoms with Crippen molar-refractivity contribution in [1.82, 2.24) is 10.7 Å². The van der Waals surface area contributed by atoms with E-state index in [0.29, 0.717) is 11.1 Å². The van der Waals surface area contributed by atoms with Crippen LogP contribution < -0.4 is 20.4 Å². The van der Waals surface area contributed by atoms with Gasteiger partial charge in [-0.05, 0) is 61.9 Å². The van der Waals surface area contributed by atoms with Crippen LogP contribution in [0.3, 0.4) is 0 Å². The molecule has 2 amide bonds. The summed E-state index contributed by atoms with van der Waals surface area (Å²) < 4.78 is 5.25. The van der Waals surface area contributed by atoms with Gasteiger partial charge in [0.25, 0.3) is 11.8 Å². The smallest absolute Gasteiger partial charge is 0.341 e. The highest BCUT2D eigenvalue weighted by Crippen LogP contribution is 2.19. The lowest BCUT2D eigenvalue weighted by molar-refractivity contribution is -0.139. The fourth-order valence-electron chi connectivity index (χ4n) is 3.61. The van der Waals surface area contributed by atoms with Crippen molar-refractivity contribution in [1.29, 1.82) is 0 Å². The number of amides is 2. The molecule has 0 aliphatic carbocycles. The molecule has 0 heterocycles. The highest BCUT2D eigenvalue weighted by atomic mass is 35.5. The van der Waals surface area contributed by atoms with Gasteiger partial charge in [0.15, 0.2) is 6.61 Å². The summed E-state index contributed by atoms with van der Waals surface area (Å²) in [4.78, 5) is 39.1. The first-order valence-electron chi connectivity index (χ1n) is 12.2. The van der Waals surface area contributed by atoms with Gasteiger partial charge in [-0.3, -0.25) is 9.59 Å². The molecule has 202 valence electrons. The van der Waals surface area contributed by atoms with Crippen LogP contribution in [-0.4, -0.2) is 48.8 Å². The molecule has 0 aliphatic rings. The van der Waals surface area contributed by atoms with E-state index in [9.17, 15) is 14.4 Å². The Kier molecular flexibility index (Phi) is 10.6. The molecule has 0 bridgehead atoms. The number of aliphatic carboxylic acids is 1. The Morgan fingerprint density at radius 2 is 1.64 bits per heavy atom. The minimum atomic E-state index is -1.12. The number of ether oxygens (including phenoxy) is 1. The van der Waals surface area contributed by atoms with Gasteiger partial charge in [0, 0.05) is 24.3 Å². The second-order valence-corrected chi connectivity index (χ2v) is 8.58. The molecule has 0 saturated carbocycles. The zero-order valence-corrected chi connectivity index (χ0v) is 22.3. The van der Waals surface area contributed by atoms with E-state index >= 15 is 0 Å². The standard InChI is InChI=1S/C29H29ClN4O5/c1-3-34(4-2)22-15-13-20(14-16-22)17-25(32-28(37)23-10-6-7-11-24(23)30)29(38)33-31-18-21-9-5-8-12-26(21)39-19-27(35)36/h5-18H,3-4,19H2,1-2H3,(H,32,37)(H,33,38)(H,35,36)/b25-17+,31-18+. The number of benzene rings is 3. The minimum absolute atomic E-state index is 0.0527. The molecule has 3 rings (SSSR count). The number of carboxylic acid groups (broad SMARTS) is 1. The number of hydrazone groups is 1. The molecular formula is C29H29ClN4O5. The number of hydrogen-bond acceptors (Lipinski definition) is 6. The quantitative estimate of drug-likeness (QED) is 0.173. The molecule has 3 aromatic rings. The summed E-state index contributed by atoms with van der Waals surface area (Å²) in [6.45, 7) is 5.33. The molecule has 9 nitrogen and oxygen atoms in total. The van der Waals surface area contributed by atoms with Gasteiger partial charge in [0.2, 0.25) is 0 Å². The molecule has 0 fully saturated rings. The van der Waals surface area contributed by atoms with Gasteiger partial charge in [-0.15, -0.1) is 0 Å². The van der Waals surface area contributed by atoms with Crippen molar-refractivity contribution in [3.05, 3.63) is 100 Å². The molecule has 0 atom stereocenters. The average Bonchev–Trinajstić information content (AvgIpc) is 2.93. The van der Waals surface area contributed by atoms with Crippen LogP contribution in [0.4, 0.5) is 5.69 Å². The zero-order chi connectivity index (χ0) is 28.2. The number of carboxylic acids is 1. The molecule has 0 saturated heterocycles. The molecule has 10 heteroatoms. The lowest BCUT2D eigenvalue weighted by Crippen LogP contribution is -2.33.